The van der Waals surface area contributed by atoms with Crippen LogP contribution in [-0.2, 0) is 27.2 Å². The van der Waals surface area contributed by atoms with Crippen molar-refractivity contribution in [2.45, 2.75) is 58.7 Å². The molecular formula is C23H31N5O2. The zero-order valence-electron chi connectivity index (χ0n) is 18.4. The van der Waals surface area contributed by atoms with E-state index in [1.165, 1.54) is 41.0 Å². The van der Waals surface area contributed by atoms with Crippen molar-refractivity contribution < 1.29 is 0 Å². The number of nitrogens with zero attached hydrogens (tertiary/aromatic N) is 5. The predicted molar refractivity (Wildman–Crippen MR) is 119 cm³/mol. The molecule has 3 heterocycles. The first-order valence-corrected chi connectivity index (χ1v) is 10.9. The minimum absolute atomic E-state index is 0.287. The number of hydrogen-bond acceptors (Lipinski definition) is 4. The zero-order valence-corrected chi connectivity index (χ0v) is 18.4. The first kappa shape index (κ1) is 20.6. The Hall–Kier alpha value is -2.67. The van der Waals surface area contributed by atoms with Gasteiger partial charge in [0.05, 0.1) is 6.54 Å². The Morgan fingerprint density at radius 3 is 2.63 bits per heavy atom. The first-order chi connectivity index (χ1) is 14.4. The van der Waals surface area contributed by atoms with Crippen molar-refractivity contribution in [1.82, 2.24) is 23.6 Å². The average Bonchev–Trinajstić information content (AvgIpc) is 3.09. The summed E-state index contributed by atoms with van der Waals surface area (Å²) in [6.07, 6.45) is 4.77. The molecule has 1 aromatic carbocycles. The van der Waals surface area contributed by atoms with Gasteiger partial charge in [-0.25, -0.2) is 9.78 Å². The highest BCUT2D eigenvalue weighted by Gasteiger charge is 2.25. The van der Waals surface area contributed by atoms with Gasteiger partial charge < -0.3 is 4.57 Å². The van der Waals surface area contributed by atoms with E-state index in [-0.39, 0.29) is 11.2 Å². The lowest BCUT2D eigenvalue weighted by atomic mass is 10.00. The monoisotopic (exact) mass is 409 g/mol. The van der Waals surface area contributed by atoms with Gasteiger partial charge in [0.15, 0.2) is 11.2 Å². The van der Waals surface area contributed by atoms with E-state index in [0.29, 0.717) is 30.3 Å². The second-order valence-corrected chi connectivity index (χ2v) is 8.51. The standard InChI is InChI=1S/C23H31N5O2/c1-5-18-11-6-7-12-27(18)15-19-24-21-20(22(29)26(4)23(30)25(21)3)28(19)14-17-10-8-9-16(2)13-17/h8-10,13,18H,5-7,11-12,14-15H2,1-4H3/t18-/m0/s1. The van der Waals surface area contributed by atoms with Crippen LogP contribution in [-0.4, -0.2) is 36.2 Å². The van der Waals surface area contributed by atoms with Gasteiger partial charge in [-0.15, -0.1) is 0 Å². The highest BCUT2D eigenvalue weighted by Crippen LogP contribution is 2.23. The van der Waals surface area contributed by atoms with Crippen LogP contribution < -0.4 is 11.2 Å². The average molecular weight is 410 g/mol. The Morgan fingerprint density at radius 2 is 1.90 bits per heavy atom. The molecule has 2 aromatic heterocycles. The Balaban J connectivity index is 1.87. The summed E-state index contributed by atoms with van der Waals surface area (Å²) in [5.41, 5.74) is 2.64. The van der Waals surface area contributed by atoms with Crippen molar-refractivity contribution in [2.75, 3.05) is 6.54 Å². The van der Waals surface area contributed by atoms with Gasteiger partial charge in [-0.2, -0.15) is 0 Å². The first-order valence-electron chi connectivity index (χ1n) is 10.9. The molecule has 160 valence electrons. The molecule has 0 radical (unpaired) electrons. The van der Waals surface area contributed by atoms with E-state index in [2.05, 4.69) is 36.9 Å². The summed E-state index contributed by atoms with van der Waals surface area (Å²) in [5, 5.41) is 0. The quantitative estimate of drug-likeness (QED) is 0.650. The SMILES string of the molecule is CC[C@H]1CCCCN1Cc1nc2c(c(=O)n(C)c(=O)n2C)n1Cc1cccc(C)c1. The lowest BCUT2D eigenvalue weighted by Gasteiger charge is -2.34. The van der Waals surface area contributed by atoms with E-state index in [1.54, 1.807) is 7.05 Å². The van der Waals surface area contributed by atoms with E-state index < -0.39 is 0 Å². The van der Waals surface area contributed by atoms with Gasteiger partial charge in [0, 0.05) is 26.7 Å². The van der Waals surface area contributed by atoms with Crippen LogP contribution in [0.4, 0.5) is 0 Å². The number of imidazole rings is 1. The summed E-state index contributed by atoms with van der Waals surface area (Å²) in [4.78, 5) is 32.9. The molecule has 1 saturated heterocycles. The van der Waals surface area contributed by atoms with E-state index in [9.17, 15) is 9.59 Å². The lowest BCUT2D eigenvalue weighted by Crippen LogP contribution is -2.39. The molecule has 7 nitrogen and oxygen atoms in total. The molecule has 1 aliphatic rings. The van der Waals surface area contributed by atoms with Gasteiger partial charge >= 0.3 is 5.69 Å². The van der Waals surface area contributed by atoms with Crippen molar-refractivity contribution >= 4 is 11.2 Å². The normalized spacial score (nSPS) is 17.7. The minimum atomic E-state index is -0.344. The number of aromatic nitrogens is 4. The summed E-state index contributed by atoms with van der Waals surface area (Å²) < 4.78 is 4.68. The summed E-state index contributed by atoms with van der Waals surface area (Å²) >= 11 is 0. The molecule has 1 atom stereocenters. The van der Waals surface area contributed by atoms with Gasteiger partial charge in [-0.3, -0.25) is 18.8 Å². The van der Waals surface area contributed by atoms with Crippen LogP contribution in [0.5, 0.6) is 0 Å². The van der Waals surface area contributed by atoms with E-state index in [0.717, 1.165) is 24.4 Å². The third-order valence-electron chi connectivity index (χ3n) is 6.42. The molecule has 0 spiro atoms. The molecule has 1 aliphatic heterocycles. The van der Waals surface area contributed by atoms with Crippen molar-refractivity contribution in [3.05, 3.63) is 62.1 Å². The van der Waals surface area contributed by atoms with Gasteiger partial charge in [0.2, 0.25) is 0 Å². The Bertz CT molecular complexity index is 1190. The van der Waals surface area contributed by atoms with E-state index >= 15 is 0 Å². The molecule has 7 heteroatoms. The van der Waals surface area contributed by atoms with Crippen LogP contribution in [0.15, 0.2) is 33.9 Å². The number of piperidine rings is 1. The van der Waals surface area contributed by atoms with Crippen LogP contribution in [0.25, 0.3) is 11.2 Å². The highest BCUT2D eigenvalue weighted by atomic mass is 16.2. The molecule has 0 amide bonds. The molecule has 0 aliphatic carbocycles. The fourth-order valence-corrected chi connectivity index (χ4v) is 4.69. The number of hydrogen-bond donors (Lipinski definition) is 0. The minimum Gasteiger partial charge on any atom is -0.317 e. The Kier molecular flexibility index (Phi) is 5.64. The summed E-state index contributed by atoms with van der Waals surface area (Å²) in [6, 6.07) is 8.86. The summed E-state index contributed by atoms with van der Waals surface area (Å²) in [5.74, 6) is 0.852. The number of benzene rings is 1. The second kappa shape index (κ2) is 8.22. The highest BCUT2D eigenvalue weighted by molar-refractivity contribution is 5.71. The van der Waals surface area contributed by atoms with Gasteiger partial charge in [-0.1, -0.05) is 43.2 Å². The third-order valence-corrected chi connectivity index (χ3v) is 6.42. The van der Waals surface area contributed by atoms with Crippen LogP contribution in [0.1, 0.15) is 49.6 Å². The summed E-state index contributed by atoms with van der Waals surface area (Å²) in [6.45, 7) is 6.60. The number of aryl methyl sites for hydroxylation is 2. The van der Waals surface area contributed by atoms with Gasteiger partial charge in [0.25, 0.3) is 5.56 Å². The van der Waals surface area contributed by atoms with Gasteiger partial charge in [-0.05, 0) is 38.3 Å². The molecule has 0 unspecified atom stereocenters. The van der Waals surface area contributed by atoms with E-state index in [4.69, 9.17) is 4.98 Å². The molecular weight excluding hydrogens is 378 g/mol. The number of likely N-dealkylation sites (tertiary alicyclic amines) is 1. The Labute approximate surface area is 176 Å². The van der Waals surface area contributed by atoms with Crippen molar-refractivity contribution in [1.29, 1.82) is 0 Å². The zero-order chi connectivity index (χ0) is 21.4. The van der Waals surface area contributed by atoms with Gasteiger partial charge in [0.1, 0.15) is 5.82 Å². The predicted octanol–water partition coefficient (Wildman–Crippen LogP) is 2.55. The lowest BCUT2D eigenvalue weighted by molar-refractivity contribution is 0.131. The maximum absolute atomic E-state index is 13.1. The third kappa shape index (κ3) is 3.62. The largest absolute Gasteiger partial charge is 0.332 e. The molecule has 0 saturated carbocycles. The molecule has 0 N–H and O–H groups in total. The van der Waals surface area contributed by atoms with Crippen LogP contribution in [0, 0.1) is 6.92 Å². The van der Waals surface area contributed by atoms with E-state index in [1.807, 2.05) is 10.6 Å². The molecule has 3 aromatic rings. The maximum Gasteiger partial charge on any atom is 0.332 e. The fourth-order valence-electron chi connectivity index (χ4n) is 4.69. The number of rotatable bonds is 5. The van der Waals surface area contributed by atoms with Crippen LogP contribution in [0.2, 0.25) is 0 Å². The Morgan fingerprint density at radius 1 is 1.10 bits per heavy atom. The summed E-state index contributed by atoms with van der Waals surface area (Å²) in [7, 11) is 3.22. The molecule has 0 bridgehead atoms. The van der Waals surface area contributed by atoms with Crippen LogP contribution >= 0.6 is 0 Å². The number of fused-ring (bicyclic) bond motifs is 1. The fraction of sp³-hybridized carbons (Fsp3) is 0.522. The van der Waals surface area contributed by atoms with Crippen LogP contribution in [0.3, 0.4) is 0 Å². The molecule has 1 fully saturated rings. The maximum atomic E-state index is 13.1. The molecule has 4 rings (SSSR count). The second-order valence-electron chi connectivity index (χ2n) is 8.51. The topological polar surface area (TPSA) is 65.1 Å². The van der Waals surface area contributed by atoms with Crippen molar-refractivity contribution in [3.8, 4) is 0 Å². The smallest absolute Gasteiger partial charge is 0.317 e. The van der Waals surface area contributed by atoms with Crippen molar-refractivity contribution in [3.63, 3.8) is 0 Å². The molecule has 30 heavy (non-hydrogen) atoms. The van der Waals surface area contributed by atoms with Crippen molar-refractivity contribution in [2.24, 2.45) is 14.1 Å².